The molecule has 0 saturated heterocycles. The monoisotopic (exact) mass is 294 g/mol. The smallest absolute Gasteiger partial charge is 0.294 e. The van der Waals surface area contributed by atoms with Gasteiger partial charge in [-0.2, -0.15) is 0 Å². The van der Waals surface area contributed by atoms with E-state index in [1.54, 1.807) is 0 Å². The van der Waals surface area contributed by atoms with Crippen LogP contribution in [-0.4, -0.2) is 18.0 Å². The Hall–Kier alpha value is -1.17. The molecule has 0 aliphatic heterocycles. The summed E-state index contributed by atoms with van der Waals surface area (Å²) in [4.78, 5) is 22.0. The molecule has 16 heavy (non-hydrogen) atoms. The lowest BCUT2D eigenvalue weighted by Crippen LogP contribution is -2.15. The van der Waals surface area contributed by atoms with Crippen molar-refractivity contribution in [3.63, 3.8) is 0 Å². The topological polar surface area (TPSA) is 34.1 Å². The third-order valence-electron chi connectivity index (χ3n) is 1.81. The normalized spacial score (nSPS) is 10.6. The predicted molar refractivity (Wildman–Crippen MR) is 54.1 cm³/mol. The van der Waals surface area contributed by atoms with Gasteiger partial charge in [0.25, 0.3) is 6.43 Å². The second-order valence-corrected chi connectivity index (χ2v) is 3.85. The molecule has 0 aliphatic carbocycles. The summed E-state index contributed by atoms with van der Waals surface area (Å²) in [6.07, 6.45) is -4.05. The summed E-state index contributed by atoms with van der Waals surface area (Å²) in [5.41, 5.74) is 0.00963. The van der Waals surface area contributed by atoms with Gasteiger partial charge in [-0.3, -0.25) is 9.59 Å². The van der Waals surface area contributed by atoms with Gasteiger partial charge in [-0.05, 0) is 34.1 Å². The summed E-state index contributed by atoms with van der Waals surface area (Å²) in [5, 5.41) is 0. The number of halogens is 4. The minimum atomic E-state index is -3.16. The molecule has 2 nitrogen and oxygen atoms in total. The molecule has 0 radical (unpaired) electrons. The van der Waals surface area contributed by atoms with Crippen molar-refractivity contribution in [3.05, 3.63) is 34.1 Å². The maximum absolute atomic E-state index is 12.7. The largest absolute Gasteiger partial charge is 0.296 e. The van der Waals surface area contributed by atoms with E-state index in [1.807, 2.05) is 0 Å². The molecule has 0 fully saturated rings. The Bertz CT molecular complexity index is 432. The molecule has 0 amide bonds. The second kappa shape index (κ2) is 5.25. The SMILES string of the molecule is O=C(CC(=O)C(F)F)c1ccc(F)cc1Br. The number of hydrogen-bond acceptors (Lipinski definition) is 2. The van der Waals surface area contributed by atoms with Gasteiger partial charge in [0.15, 0.2) is 5.78 Å². The van der Waals surface area contributed by atoms with E-state index in [4.69, 9.17) is 0 Å². The predicted octanol–water partition coefficient (Wildman–Crippen LogP) is 3.00. The standard InChI is InChI=1S/C10H6BrF3O2/c11-7-3-5(12)1-2-6(7)8(15)4-9(16)10(13)14/h1-3,10H,4H2. The third kappa shape index (κ3) is 3.16. The average Bonchev–Trinajstić information content (AvgIpc) is 2.16. The van der Waals surface area contributed by atoms with E-state index in [0.29, 0.717) is 0 Å². The lowest BCUT2D eigenvalue weighted by Gasteiger charge is -2.03. The van der Waals surface area contributed by atoms with Crippen molar-refractivity contribution in [1.82, 2.24) is 0 Å². The molecule has 0 saturated carbocycles. The minimum absolute atomic E-state index is 0.00963. The van der Waals surface area contributed by atoms with Crippen LogP contribution in [-0.2, 0) is 4.79 Å². The van der Waals surface area contributed by atoms with Crippen molar-refractivity contribution >= 4 is 27.5 Å². The number of rotatable bonds is 4. The van der Waals surface area contributed by atoms with E-state index in [1.165, 1.54) is 0 Å². The van der Waals surface area contributed by atoms with Crippen molar-refractivity contribution in [2.75, 3.05) is 0 Å². The summed E-state index contributed by atoms with van der Waals surface area (Å²) < 4.78 is 36.6. The molecule has 0 aromatic heterocycles. The van der Waals surface area contributed by atoms with E-state index in [0.717, 1.165) is 18.2 Å². The zero-order valence-electron chi connectivity index (χ0n) is 7.84. The van der Waals surface area contributed by atoms with Crippen LogP contribution in [0.15, 0.2) is 22.7 Å². The van der Waals surface area contributed by atoms with Gasteiger partial charge in [-0.15, -0.1) is 0 Å². The highest BCUT2D eigenvalue weighted by Crippen LogP contribution is 2.20. The highest BCUT2D eigenvalue weighted by atomic mass is 79.9. The Balaban J connectivity index is 2.85. The Morgan fingerprint density at radius 1 is 1.31 bits per heavy atom. The fourth-order valence-corrected chi connectivity index (χ4v) is 1.62. The summed E-state index contributed by atoms with van der Waals surface area (Å²) in [6.45, 7) is 0. The fourth-order valence-electron chi connectivity index (χ4n) is 1.05. The first-order valence-corrected chi connectivity index (χ1v) is 5.00. The zero-order chi connectivity index (χ0) is 12.3. The molecule has 1 rings (SSSR count). The van der Waals surface area contributed by atoms with Crippen molar-refractivity contribution in [1.29, 1.82) is 0 Å². The second-order valence-electron chi connectivity index (χ2n) is 2.99. The quantitative estimate of drug-likeness (QED) is 0.632. The number of benzene rings is 1. The molecule has 0 heterocycles. The van der Waals surface area contributed by atoms with E-state index < -0.39 is 30.2 Å². The van der Waals surface area contributed by atoms with Crippen LogP contribution in [0.2, 0.25) is 0 Å². The first-order valence-electron chi connectivity index (χ1n) is 4.21. The molecule has 0 aliphatic rings. The Morgan fingerprint density at radius 3 is 2.44 bits per heavy atom. The maximum atomic E-state index is 12.7. The molecule has 0 atom stereocenters. The lowest BCUT2D eigenvalue weighted by molar-refractivity contribution is -0.128. The van der Waals surface area contributed by atoms with E-state index in [2.05, 4.69) is 15.9 Å². The van der Waals surface area contributed by atoms with Gasteiger partial charge >= 0.3 is 0 Å². The van der Waals surface area contributed by atoms with Crippen LogP contribution >= 0.6 is 15.9 Å². The number of carbonyl (C=O) groups is 2. The van der Waals surface area contributed by atoms with Crippen molar-refractivity contribution in [3.8, 4) is 0 Å². The Kier molecular flexibility index (Phi) is 4.23. The number of carbonyl (C=O) groups excluding carboxylic acids is 2. The van der Waals surface area contributed by atoms with Gasteiger partial charge in [0, 0.05) is 10.0 Å². The van der Waals surface area contributed by atoms with Gasteiger partial charge in [-0.1, -0.05) is 0 Å². The highest BCUT2D eigenvalue weighted by Gasteiger charge is 2.21. The minimum Gasteiger partial charge on any atom is -0.294 e. The van der Waals surface area contributed by atoms with Crippen molar-refractivity contribution in [2.24, 2.45) is 0 Å². The molecule has 1 aromatic rings. The van der Waals surface area contributed by atoms with Crippen LogP contribution in [0.5, 0.6) is 0 Å². The molecule has 0 N–H and O–H groups in total. The van der Waals surface area contributed by atoms with Gasteiger partial charge in [0.2, 0.25) is 5.78 Å². The van der Waals surface area contributed by atoms with Gasteiger partial charge < -0.3 is 0 Å². The summed E-state index contributed by atoms with van der Waals surface area (Å²) in [6, 6.07) is 3.19. The Morgan fingerprint density at radius 2 is 1.94 bits per heavy atom. The summed E-state index contributed by atoms with van der Waals surface area (Å²) >= 11 is 2.92. The number of hydrogen-bond donors (Lipinski definition) is 0. The molecule has 0 spiro atoms. The van der Waals surface area contributed by atoms with Crippen LogP contribution in [0, 0.1) is 5.82 Å². The van der Waals surface area contributed by atoms with Gasteiger partial charge in [0.05, 0.1) is 6.42 Å². The lowest BCUT2D eigenvalue weighted by atomic mass is 10.1. The zero-order valence-corrected chi connectivity index (χ0v) is 9.43. The Labute approximate surface area is 97.6 Å². The maximum Gasteiger partial charge on any atom is 0.296 e. The van der Waals surface area contributed by atoms with Crippen LogP contribution in [0.1, 0.15) is 16.8 Å². The van der Waals surface area contributed by atoms with Gasteiger partial charge in [-0.25, -0.2) is 13.2 Å². The van der Waals surface area contributed by atoms with E-state index >= 15 is 0 Å². The summed E-state index contributed by atoms with van der Waals surface area (Å²) in [7, 11) is 0. The molecule has 1 aromatic carbocycles. The highest BCUT2D eigenvalue weighted by molar-refractivity contribution is 9.10. The number of Topliss-reactive ketones (excluding diaryl/α,β-unsaturated/α-hetero) is 2. The molecule has 6 heteroatoms. The average molecular weight is 295 g/mol. The molecule has 0 bridgehead atoms. The molecular weight excluding hydrogens is 289 g/mol. The van der Waals surface area contributed by atoms with Crippen LogP contribution < -0.4 is 0 Å². The number of ketones is 2. The third-order valence-corrected chi connectivity index (χ3v) is 2.47. The van der Waals surface area contributed by atoms with Crippen LogP contribution in [0.3, 0.4) is 0 Å². The van der Waals surface area contributed by atoms with Crippen molar-refractivity contribution < 1.29 is 22.8 Å². The van der Waals surface area contributed by atoms with Crippen LogP contribution in [0.4, 0.5) is 13.2 Å². The van der Waals surface area contributed by atoms with E-state index in [-0.39, 0.29) is 10.0 Å². The fraction of sp³-hybridized carbons (Fsp3) is 0.200. The van der Waals surface area contributed by atoms with Gasteiger partial charge in [0.1, 0.15) is 5.82 Å². The first kappa shape index (κ1) is 12.9. The van der Waals surface area contributed by atoms with E-state index in [9.17, 15) is 22.8 Å². The molecular formula is C10H6BrF3O2. The molecule has 0 unspecified atom stereocenters. The summed E-state index contributed by atoms with van der Waals surface area (Å²) in [5.74, 6) is -2.78. The van der Waals surface area contributed by atoms with Crippen LogP contribution in [0.25, 0.3) is 0 Å². The first-order chi connectivity index (χ1) is 7.41. The number of alkyl halides is 2. The molecule has 86 valence electrons. The van der Waals surface area contributed by atoms with Crippen molar-refractivity contribution in [2.45, 2.75) is 12.8 Å².